The van der Waals surface area contributed by atoms with Crippen LogP contribution in [0, 0.1) is 5.92 Å². The van der Waals surface area contributed by atoms with Gasteiger partial charge in [0.2, 0.25) is 0 Å². The van der Waals surface area contributed by atoms with Crippen LogP contribution in [0.25, 0.3) is 0 Å². The summed E-state index contributed by atoms with van der Waals surface area (Å²) >= 11 is 0. The molecule has 0 aromatic carbocycles. The van der Waals surface area contributed by atoms with Crippen LogP contribution in [0.4, 0.5) is 0 Å². The van der Waals surface area contributed by atoms with Crippen molar-refractivity contribution in [2.75, 3.05) is 0 Å². The summed E-state index contributed by atoms with van der Waals surface area (Å²) in [6, 6.07) is 0. The molecule has 1 unspecified atom stereocenters. The smallest absolute Gasteiger partial charge is 0.0163 e. The van der Waals surface area contributed by atoms with Crippen LogP contribution in [0.15, 0.2) is 36.0 Å². The van der Waals surface area contributed by atoms with Crippen LogP contribution in [-0.2, 0) is 0 Å². The highest BCUT2D eigenvalue weighted by atomic mass is 14.1. The van der Waals surface area contributed by atoms with Crippen LogP contribution in [0.2, 0.25) is 0 Å². The van der Waals surface area contributed by atoms with E-state index in [4.69, 9.17) is 0 Å². The van der Waals surface area contributed by atoms with E-state index in [1.54, 1.807) is 0 Å². The normalized spacial score (nSPS) is 19.3. The molecule has 0 heterocycles. The summed E-state index contributed by atoms with van der Waals surface area (Å²) < 4.78 is 0. The molecule has 0 amide bonds. The van der Waals surface area contributed by atoms with Gasteiger partial charge in [-0.25, -0.2) is 0 Å². The minimum Gasteiger partial charge on any atom is -0.0807 e. The first-order chi connectivity index (χ1) is 5.34. The fourth-order valence-corrected chi connectivity index (χ4v) is 1.16. The molecule has 1 rings (SSSR count). The zero-order valence-corrected chi connectivity index (χ0v) is 7.38. The van der Waals surface area contributed by atoms with E-state index in [1.165, 1.54) is 12.0 Å². The molecule has 0 nitrogen and oxygen atoms in total. The fourth-order valence-electron chi connectivity index (χ4n) is 1.16. The van der Waals surface area contributed by atoms with Gasteiger partial charge < -0.3 is 0 Å². The molecule has 0 heteroatoms. The molecule has 0 spiro atoms. The highest BCUT2D eigenvalue weighted by molar-refractivity contribution is 5.28. The first-order valence-electron chi connectivity index (χ1n) is 4.38. The average Bonchev–Trinajstić information content (AvgIpc) is 2.30. The van der Waals surface area contributed by atoms with Crippen molar-refractivity contribution in [3.05, 3.63) is 36.0 Å². The SMILES string of the molecule is CCC(C)C1=CC=CCC=C1. The molecular weight excluding hydrogens is 132 g/mol. The molecular formula is C11H16. The Kier molecular flexibility index (Phi) is 3.15. The molecule has 0 N–H and O–H groups in total. The predicted octanol–water partition coefficient (Wildman–Crippen LogP) is 3.48. The van der Waals surface area contributed by atoms with Crippen molar-refractivity contribution >= 4 is 0 Å². The number of allylic oxidation sites excluding steroid dienone is 6. The summed E-state index contributed by atoms with van der Waals surface area (Å²) in [5.74, 6) is 0.703. The van der Waals surface area contributed by atoms with Crippen LogP contribution >= 0.6 is 0 Å². The predicted molar refractivity (Wildman–Crippen MR) is 50.4 cm³/mol. The number of hydrogen-bond donors (Lipinski definition) is 0. The zero-order valence-electron chi connectivity index (χ0n) is 7.38. The largest absolute Gasteiger partial charge is 0.0807 e. The summed E-state index contributed by atoms with van der Waals surface area (Å²) in [5, 5.41) is 0. The molecule has 1 aliphatic carbocycles. The van der Waals surface area contributed by atoms with Crippen molar-refractivity contribution in [1.82, 2.24) is 0 Å². The standard InChI is InChI=1S/C11H16/c1-3-10(2)11-8-6-4-5-7-9-11/h4,6-10H,3,5H2,1-2H3. The molecule has 0 saturated carbocycles. The van der Waals surface area contributed by atoms with Gasteiger partial charge in [0.05, 0.1) is 0 Å². The quantitative estimate of drug-likeness (QED) is 0.562. The molecule has 0 fully saturated rings. The highest BCUT2D eigenvalue weighted by Gasteiger charge is 2.01. The van der Waals surface area contributed by atoms with Gasteiger partial charge in [0.1, 0.15) is 0 Å². The van der Waals surface area contributed by atoms with Crippen molar-refractivity contribution < 1.29 is 0 Å². The van der Waals surface area contributed by atoms with E-state index in [9.17, 15) is 0 Å². The Morgan fingerprint density at radius 1 is 1.45 bits per heavy atom. The molecule has 1 atom stereocenters. The van der Waals surface area contributed by atoms with Gasteiger partial charge in [-0.15, -0.1) is 0 Å². The van der Waals surface area contributed by atoms with Gasteiger partial charge in [-0.3, -0.25) is 0 Å². The van der Waals surface area contributed by atoms with Crippen LogP contribution < -0.4 is 0 Å². The van der Waals surface area contributed by atoms with E-state index >= 15 is 0 Å². The molecule has 0 aliphatic heterocycles. The summed E-state index contributed by atoms with van der Waals surface area (Å²) in [6.45, 7) is 4.50. The third-order valence-corrected chi connectivity index (χ3v) is 2.19. The monoisotopic (exact) mass is 148 g/mol. The van der Waals surface area contributed by atoms with Gasteiger partial charge in [0.15, 0.2) is 0 Å². The Labute approximate surface area is 69.3 Å². The van der Waals surface area contributed by atoms with Gasteiger partial charge in [-0.05, 0) is 24.3 Å². The lowest BCUT2D eigenvalue weighted by Gasteiger charge is -2.07. The third kappa shape index (κ3) is 2.38. The Balaban J connectivity index is 2.68. The maximum Gasteiger partial charge on any atom is -0.0163 e. The lowest BCUT2D eigenvalue weighted by atomic mass is 9.98. The van der Waals surface area contributed by atoms with E-state index in [0.29, 0.717) is 5.92 Å². The molecule has 0 saturated heterocycles. The Bertz CT molecular complexity index is 194. The second-order valence-electron chi connectivity index (χ2n) is 3.04. The minimum absolute atomic E-state index is 0.703. The zero-order chi connectivity index (χ0) is 8.10. The molecule has 0 aromatic heterocycles. The van der Waals surface area contributed by atoms with Crippen LogP contribution in [0.5, 0.6) is 0 Å². The molecule has 11 heavy (non-hydrogen) atoms. The summed E-state index contributed by atoms with van der Waals surface area (Å²) in [6.07, 6.45) is 13.3. The minimum atomic E-state index is 0.703. The van der Waals surface area contributed by atoms with Gasteiger partial charge in [0, 0.05) is 0 Å². The van der Waals surface area contributed by atoms with E-state index in [1.807, 2.05) is 0 Å². The highest BCUT2D eigenvalue weighted by Crippen LogP contribution is 2.17. The number of hydrogen-bond acceptors (Lipinski definition) is 0. The first-order valence-corrected chi connectivity index (χ1v) is 4.38. The Hall–Kier alpha value is -0.780. The van der Waals surface area contributed by atoms with Crippen LogP contribution in [0.3, 0.4) is 0 Å². The van der Waals surface area contributed by atoms with E-state index in [-0.39, 0.29) is 0 Å². The molecule has 1 aliphatic rings. The maximum absolute atomic E-state index is 2.27. The summed E-state index contributed by atoms with van der Waals surface area (Å²) in [7, 11) is 0. The van der Waals surface area contributed by atoms with Gasteiger partial charge in [-0.1, -0.05) is 44.2 Å². The van der Waals surface area contributed by atoms with Crippen LogP contribution in [0.1, 0.15) is 26.7 Å². The summed E-state index contributed by atoms with van der Waals surface area (Å²) in [4.78, 5) is 0. The fraction of sp³-hybridized carbons (Fsp3) is 0.455. The van der Waals surface area contributed by atoms with Gasteiger partial charge in [-0.2, -0.15) is 0 Å². The second kappa shape index (κ2) is 4.17. The Morgan fingerprint density at radius 2 is 2.27 bits per heavy atom. The Morgan fingerprint density at radius 3 is 3.00 bits per heavy atom. The van der Waals surface area contributed by atoms with Crippen molar-refractivity contribution in [3.8, 4) is 0 Å². The molecule has 0 bridgehead atoms. The van der Waals surface area contributed by atoms with Crippen molar-refractivity contribution in [2.45, 2.75) is 26.7 Å². The molecule has 60 valence electrons. The lowest BCUT2D eigenvalue weighted by Crippen LogP contribution is -1.93. The van der Waals surface area contributed by atoms with E-state index in [2.05, 4.69) is 44.2 Å². The van der Waals surface area contributed by atoms with Crippen molar-refractivity contribution in [2.24, 2.45) is 5.92 Å². The lowest BCUT2D eigenvalue weighted by molar-refractivity contribution is 0.670. The van der Waals surface area contributed by atoms with Crippen LogP contribution in [-0.4, -0.2) is 0 Å². The van der Waals surface area contributed by atoms with Gasteiger partial charge >= 0.3 is 0 Å². The maximum atomic E-state index is 2.27. The summed E-state index contributed by atoms with van der Waals surface area (Å²) in [5.41, 5.74) is 1.46. The molecule has 0 radical (unpaired) electrons. The van der Waals surface area contributed by atoms with Gasteiger partial charge in [0.25, 0.3) is 0 Å². The second-order valence-corrected chi connectivity index (χ2v) is 3.04. The third-order valence-electron chi connectivity index (χ3n) is 2.19. The van der Waals surface area contributed by atoms with Crippen molar-refractivity contribution in [3.63, 3.8) is 0 Å². The first kappa shape index (κ1) is 8.32. The average molecular weight is 148 g/mol. The van der Waals surface area contributed by atoms with E-state index in [0.717, 1.165) is 6.42 Å². The number of rotatable bonds is 2. The van der Waals surface area contributed by atoms with Crippen molar-refractivity contribution in [1.29, 1.82) is 0 Å². The topological polar surface area (TPSA) is 0 Å². The molecule has 0 aromatic rings. The van der Waals surface area contributed by atoms with E-state index < -0.39 is 0 Å².